The lowest BCUT2D eigenvalue weighted by molar-refractivity contribution is -0.140. The van der Waals surface area contributed by atoms with Gasteiger partial charge in [0, 0.05) is 18.8 Å². The minimum atomic E-state index is -0.216. The molecule has 27 heavy (non-hydrogen) atoms. The summed E-state index contributed by atoms with van der Waals surface area (Å²) >= 11 is 0. The van der Waals surface area contributed by atoms with Gasteiger partial charge in [0.1, 0.15) is 6.61 Å². The van der Waals surface area contributed by atoms with Crippen molar-refractivity contribution in [3.8, 4) is 0 Å². The number of carbonyl (C=O) groups is 1. The average Bonchev–Trinajstić information content (AvgIpc) is 2.89. The summed E-state index contributed by atoms with van der Waals surface area (Å²) in [5, 5.41) is 0. The quantitative estimate of drug-likeness (QED) is 0.831. The molecule has 142 valence electrons. The Kier molecular flexibility index (Phi) is 5.28. The number of carbonyl (C=O) groups excluding carboxylic acids is 1. The lowest BCUT2D eigenvalue weighted by atomic mass is 9.92. The number of hydrogen-bond acceptors (Lipinski definition) is 3. The predicted molar refractivity (Wildman–Crippen MR) is 108 cm³/mol. The SMILES string of the molecule is Cc1ccc(CN2CCCC3(CC2)CN(c2ccccc2)C(=O)CO3)cc1. The Morgan fingerprint density at radius 3 is 2.56 bits per heavy atom. The second-order valence-corrected chi connectivity index (χ2v) is 7.90. The number of ether oxygens (including phenoxy) is 1. The molecular weight excluding hydrogens is 336 g/mol. The molecule has 2 aromatic carbocycles. The number of rotatable bonds is 3. The van der Waals surface area contributed by atoms with Gasteiger partial charge in [-0.2, -0.15) is 0 Å². The second kappa shape index (κ2) is 7.83. The largest absolute Gasteiger partial charge is 0.363 e. The Balaban J connectivity index is 1.43. The van der Waals surface area contributed by atoms with Crippen molar-refractivity contribution in [1.82, 2.24) is 4.90 Å². The van der Waals surface area contributed by atoms with Crippen LogP contribution in [0.3, 0.4) is 0 Å². The molecule has 2 fully saturated rings. The Labute approximate surface area is 161 Å². The molecule has 0 N–H and O–H groups in total. The maximum absolute atomic E-state index is 12.4. The number of likely N-dealkylation sites (tertiary alicyclic amines) is 1. The second-order valence-electron chi connectivity index (χ2n) is 7.90. The van der Waals surface area contributed by atoms with Gasteiger partial charge in [-0.15, -0.1) is 0 Å². The van der Waals surface area contributed by atoms with Crippen molar-refractivity contribution in [2.45, 2.75) is 38.3 Å². The Bertz CT molecular complexity index is 775. The zero-order valence-corrected chi connectivity index (χ0v) is 16.1. The molecule has 0 bridgehead atoms. The monoisotopic (exact) mass is 364 g/mol. The van der Waals surface area contributed by atoms with Crippen LogP contribution < -0.4 is 4.90 Å². The first-order valence-electron chi connectivity index (χ1n) is 9.91. The van der Waals surface area contributed by atoms with Crippen LogP contribution in [0.15, 0.2) is 54.6 Å². The zero-order chi connectivity index (χ0) is 18.7. The van der Waals surface area contributed by atoms with Crippen LogP contribution in [0.2, 0.25) is 0 Å². The van der Waals surface area contributed by atoms with Crippen molar-refractivity contribution in [1.29, 1.82) is 0 Å². The molecule has 4 nitrogen and oxygen atoms in total. The van der Waals surface area contributed by atoms with Gasteiger partial charge < -0.3 is 9.64 Å². The van der Waals surface area contributed by atoms with Crippen molar-refractivity contribution in [3.05, 3.63) is 65.7 Å². The third-order valence-corrected chi connectivity index (χ3v) is 5.83. The average molecular weight is 364 g/mol. The maximum atomic E-state index is 12.4. The molecule has 2 aromatic rings. The predicted octanol–water partition coefficient (Wildman–Crippen LogP) is 3.78. The number of nitrogens with zero attached hydrogens (tertiary/aromatic N) is 2. The molecule has 4 heteroatoms. The molecule has 2 saturated heterocycles. The first kappa shape index (κ1) is 18.2. The highest BCUT2D eigenvalue weighted by atomic mass is 16.5. The van der Waals surface area contributed by atoms with Crippen LogP contribution in [0.25, 0.3) is 0 Å². The van der Waals surface area contributed by atoms with Gasteiger partial charge in [0.05, 0.1) is 12.1 Å². The van der Waals surface area contributed by atoms with Crippen molar-refractivity contribution >= 4 is 11.6 Å². The van der Waals surface area contributed by atoms with E-state index in [9.17, 15) is 4.79 Å². The van der Waals surface area contributed by atoms with Gasteiger partial charge in [-0.25, -0.2) is 0 Å². The van der Waals surface area contributed by atoms with E-state index in [2.05, 4.69) is 36.1 Å². The number of para-hydroxylation sites is 1. The molecule has 0 radical (unpaired) electrons. The van der Waals surface area contributed by atoms with Crippen molar-refractivity contribution in [3.63, 3.8) is 0 Å². The highest BCUT2D eigenvalue weighted by molar-refractivity contribution is 5.95. The van der Waals surface area contributed by atoms with E-state index in [4.69, 9.17) is 4.74 Å². The molecule has 1 spiro atoms. The summed E-state index contributed by atoms with van der Waals surface area (Å²) in [7, 11) is 0. The summed E-state index contributed by atoms with van der Waals surface area (Å²) in [5.41, 5.74) is 3.43. The van der Waals surface area contributed by atoms with Crippen LogP contribution in [-0.2, 0) is 16.1 Å². The van der Waals surface area contributed by atoms with E-state index in [0.717, 1.165) is 44.6 Å². The van der Waals surface area contributed by atoms with Gasteiger partial charge in [0.15, 0.2) is 0 Å². The molecule has 0 saturated carbocycles. The number of benzene rings is 2. The van der Waals surface area contributed by atoms with Crippen LogP contribution in [-0.4, -0.2) is 42.6 Å². The van der Waals surface area contributed by atoms with E-state index >= 15 is 0 Å². The number of amides is 1. The topological polar surface area (TPSA) is 32.8 Å². The lowest BCUT2D eigenvalue weighted by Crippen LogP contribution is -2.55. The minimum absolute atomic E-state index is 0.0626. The van der Waals surface area contributed by atoms with Crippen LogP contribution in [0.4, 0.5) is 5.69 Å². The maximum Gasteiger partial charge on any atom is 0.253 e. The highest BCUT2D eigenvalue weighted by Crippen LogP contribution is 2.33. The van der Waals surface area contributed by atoms with Crippen LogP contribution >= 0.6 is 0 Å². The summed E-state index contributed by atoms with van der Waals surface area (Å²) in [4.78, 5) is 16.9. The minimum Gasteiger partial charge on any atom is -0.363 e. The molecule has 0 aliphatic carbocycles. The molecule has 2 aliphatic heterocycles. The first-order chi connectivity index (χ1) is 13.1. The van der Waals surface area contributed by atoms with E-state index in [1.54, 1.807) is 0 Å². The fourth-order valence-corrected chi connectivity index (χ4v) is 4.19. The number of aryl methyl sites for hydroxylation is 1. The Morgan fingerprint density at radius 1 is 1.00 bits per heavy atom. The summed E-state index contributed by atoms with van der Waals surface area (Å²) < 4.78 is 6.15. The third kappa shape index (κ3) is 4.23. The van der Waals surface area contributed by atoms with E-state index < -0.39 is 0 Å². The molecule has 4 rings (SSSR count). The van der Waals surface area contributed by atoms with Gasteiger partial charge in [-0.1, -0.05) is 48.0 Å². The summed E-state index contributed by atoms with van der Waals surface area (Å²) in [6.45, 7) is 6.04. The van der Waals surface area contributed by atoms with Crippen LogP contribution in [0, 0.1) is 6.92 Å². The molecule has 1 unspecified atom stereocenters. The smallest absolute Gasteiger partial charge is 0.253 e. The molecule has 2 aliphatic rings. The molecular formula is C23H28N2O2. The van der Waals surface area contributed by atoms with Crippen LogP contribution in [0.5, 0.6) is 0 Å². The fourth-order valence-electron chi connectivity index (χ4n) is 4.19. The van der Waals surface area contributed by atoms with Crippen molar-refractivity contribution in [2.24, 2.45) is 0 Å². The van der Waals surface area contributed by atoms with Crippen molar-refractivity contribution < 1.29 is 9.53 Å². The number of anilines is 1. The normalized spacial score (nSPS) is 24.2. The first-order valence-corrected chi connectivity index (χ1v) is 9.91. The van der Waals surface area contributed by atoms with E-state index in [1.807, 2.05) is 35.2 Å². The summed E-state index contributed by atoms with van der Waals surface area (Å²) in [6, 6.07) is 18.8. The Morgan fingerprint density at radius 2 is 1.78 bits per heavy atom. The number of morpholine rings is 1. The molecule has 1 amide bonds. The van der Waals surface area contributed by atoms with E-state index in [-0.39, 0.29) is 18.1 Å². The standard InChI is InChI=1S/C23H28N2O2/c1-19-8-10-20(11-9-19)16-24-14-5-12-23(13-15-24)18-25(22(26)17-27-23)21-6-3-2-4-7-21/h2-4,6-11H,5,12-18H2,1H3. The molecule has 0 aromatic heterocycles. The van der Waals surface area contributed by atoms with Gasteiger partial charge in [-0.05, 0) is 50.4 Å². The Hall–Kier alpha value is -2.17. The van der Waals surface area contributed by atoms with Gasteiger partial charge in [0.2, 0.25) is 0 Å². The lowest BCUT2D eigenvalue weighted by Gasteiger charge is -2.42. The van der Waals surface area contributed by atoms with Crippen molar-refractivity contribution in [2.75, 3.05) is 31.1 Å². The molecule has 1 atom stereocenters. The van der Waals surface area contributed by atoms with Gasteiger partial charge in [0.25, 0.3) is 5.91 Å². The van der Waals surface area contributed by atoms with Crippen LogP contribution in [0.1, 0.15) is 30.4 Å². The summed E-state index contributed by atoms with van der Waals surface area (Å²) in [6.07, 6.45) is 3.08. The van der Waals surface area contributed by atoms with Gasteiger partial charge >= 0.3 is 0 Å². The molecule has 2 heterocycles. The summed E-state index contributed by atoms with van der Waals surface area (Å²) in [5.74, 6) is 0.0626. The third-order valence-electron chi connectivity index (χ3n) is 5.83. The highest BCUT2D eigenvalue weighted by Gasteiger charge is 2.41. The fraction of sp³-hybridized carbons (Fsp3) is 0.435. The zero-order valence-electron chi connectivity index (χ0n) is 16.1. The number of hydrogen-bond donors (Lipinski definition) is 0. The van der Waals surface area contributed by atoms with E-state index in [1.165, 1.54) is 11.1 Å². The van der Waals surface area contributed by atoms with Gasteiger partial charge in [-0.3, -0.25) is 9.69 Å². The van der Waals surface area contributed by atoms with E-state index in [0.29, 0.717) is 6.54 Å².